The smallest absolute Gasteiger partial charge is 0.222 e. The van der Waals surface area contributed by atoms with Crippen molar-refractivity contribution in [2.75, 3.05) is 7.11 Å². The molecule has 0 radical (unpaired) electrons. The third kappa shape index (κ3) is 3.49. The molecule has 3 aromatic rings. The van der Waals surface area contributed by atoms with Gasteiger partial charge in [0.05, 0.1) is 7.11 Å². The lowest BCUT2D eigenvalue weighted by Crippen LogP contribution is -2.41. The molecule has 1 atom stereocenters. The fraction of sp³-hybridized carbons (Fsp3) is 0.391. The second-order valence-electron chi connectivity index (χ2n) is 7.86. The number of rotatable bonds is 5. The lowest BCUT2D eigenvalue weighted by atomic mass is 9.91. The average molecular weight is 377 g/mol. The summed E-state index contributed by atoms with van der Waals surface area (Å²) < 4.78 is 7.88. The number of carbonyl (C=O) groups is 1. The third-order valence-electron chi connectivity index (χ3n) is 5.61. The van der Waals surface area contributed by atoms with E-state index in [2.05, 4.69) is 33.1 Å². The van der Waals surface area contributed by atoms with Crippen LogP contribution in [0.25, 0.3) is 10.9 Å². The number of fused-ring (bicyclic) bond motifs is 3. The number of benzene rings is 1. The summed E-state index contributed by atoms with van der Waals surface area (Å²) in [6, 6.07) is 10.6. The van der Waals surface area contributed by atoms with E-state index in [1.807, 2.05) is 32.2 Å². The SMILES string of the molecule is COc1ccc2c(c1)c1c(n2Cc2cccnc2)CCC(NC(=O)C(C)C)C1. The van der Waals surface area contributed by atoms with Crippen molar-refractivity contribution in [1.29, 1.82) is 0 Å². The highest BCUT2D eigenvalue weighted by Gasteiger charge is 2.27. The summed E-state index contributed by atoms with van der Waals surface area (Å²) in [5, 5.41) is 4.45. The number of hydrogen-bond acceptors (Lipinski definition) is 3. The maximum atomic E-state index is 12.2. The first kappa shape index (κ1) is 18.5. The van der Waals surface area contributed by atoms with Crippen LogP contribution in [0.3, 0.4) is 0 Å². The Morgan fingerprint density at radius 3 is 2.93 bits per heavy atom. The van der Waals surface area contributed by atoms with Crippen LogP contribution >= 0.6 is 0 Å². The monoisotopic (exact) mass is 377 g/mol. The molecule has 0 spiro atoms. The van der Waals surface area contributed by atoms with Gasteiger partial charge in [-0.25, -0.2) is 0 Å². The zero-order chi connectivity index (χ0) is 19.7. The number of amides is 1. The first-order valence-electron chi connectivity index (χ1n) is 9.94. The van der Waals surface area contributed by atoms with E-state index in [0.29, 0.717) is 0 Å². The van der Waals surface area contributed by atoms with E-state index in [-0.39, 0.29) is 17.9 Å². The summed E-state index contributed by atoms with van der Waals surface area (Å²) in [4.78, 5) is 16.5. The van der Waals surface area contributed by atoms with Gasteiger partial charge in [0.1, 0.15) is 5.75 Å². The van der Waals surface area contributed by atoms with Crippen molar-refractivity contribution in [1.82, 2.24) is 14.9 Å². The van der Waals surface area contributed by atoms with E-state index in [4.69, 9.17) is 4.74 Å². The predicted octanol–water partition coefficient (Wildman–Crippen LogP) is 3.72. The van der Waals surface area contributed by atoms with Gasteiger partial charge in [-0.2, -0.15) is 0 Å². The largest absolute Gasteiger partial charge is 0.497 e. The number of carbonyl (C=O) groups excluding carboxylic acids is 1. The lowest BCUT2D eigenvalue weighted by Gasteiger charge is -2.26. The zero-order valence-corrected chi connectivity index (χ0v) is 16.7. The van der Waals surface area contributed by atoms with Gasteiger partial charge in [0.2, 0.25) is 5.91 Å². The standard InChI is InChI=1S/C23H27N3O2/c1-15(2)23(27)25-17-6-8-21-19(11-17)20-12-18(28-3)7-9-22(20)26(21)14-16-5-4-10-24-13-16/h4-5,7,9-10,12-13,15,17H,6,8,11,14H2,1-3H3,(H,25,27). The van der Waals surface area contributed by atoms with Crippen LogP contribution in [0.15, 0.2) is 42.7 Å². The molecule has 2 aromatic heterocycles. The molecular formula is C23H27N3O2. The number of nitrogens with zero attached hydrogens (tertiary/aromatic N) is 2. The maximum Gasteiger partial charge on any atom is 0.222 e. The Bertz CT molecular complexity index is 992. The fourth-order valence-corrected chi connectivity index (χ4v) is 4.10. The van der Waals surface area contributed by atoms with Gasteiger partial charge in [-0.05, 0) is 54.7 Å². The quantitative estimate of drug-likeness (QED) is 0.737. The molecule has 1 aliphatic rings. The van der Waals surface area contributed by atoms with Crippen LogP contribution in [-0.4, -0.2) is 28.6 Å². The molecule has 1 aliphatic carbocycles. The number of aromatic nitrogens is 2. The highest BCUT2D eigenvalue weighted by atomic mass is 16.5. The highest BCUT2D eigenvalue weighted by molar-refractivity contribution is 5.87. The summed E-state index contributed by atoms with van der Waals surface area (Å²) in [6.45, 7) is 4.68. The van der Waals surface area contributed by atoms with Crippen molar-refractivity contribution in [3.63, 3.8) is 0 Å². The van der Waals surface area contributed by atoms with Gasteiger partial charge in [-0.15, -0.1) is 0 Å². The fourth-order valence-electron chi connectivity index (χ4n) is 4.10. The van der Waals surface area contributed by atoms with Gasteiger partial charge in [0.25, 0.3) is 0 Å². The van der Waals surface area contributed by atoms with E-state index >= 15 is 0 Å². The van der Waals surface area contributed by atoms with Crippen LogP contribution in [0.2, 0.25) is 0 Å². The van der Waals surface area contributed by atoms with E-state index < -0.39 is 0 Å². The molecular weight excluding hydrogens is 350 g/mol. The van der Waals surface area contributed by atoms with E-state index in [9.17, 15) is 4.79 Å². The Morgan fingerprint density at radius 1 is 1.36 bits per heavy atom. The predicted molar refractivity (Wildman–Crippen MR) is 111 cm³/mol. The molecule has 28 heavy (non-hydrogen) atoms. The molecule has 0 bridgehead atoms. The van der Waals surface area contributed by atoms with Crippen LogP contribution in [-0.2, 0) is 24.2 Å². The zero-order valence-electron chi connectivity index (χ0n) is 16.7. The van der Waals surface area contributed by atoms with Crippen molar-refractivity contribution < 1.29 is 9.53 Å². The molecule has 1 unspecified atom stereocenters. The molecule has 4 rings (SSSR count). The first-order valence-corrected chi connectivity index (χ1v) is 9.94. The molecule has 0 saturated heterocycles. The lowest BCUT2D eigenvalue weighted by molar-refractivity contribution is -0.124. The first-order chi connectivity index (χ1) is 13.6. The number of pyridine rings is 1. The van der Waals surface area contributed by atoms with Gasteiger partial charge in [-0.3, -0.25) is 9.78 Å². The van der Waals surface area contributed by atoms with Crippen LogP contribution in [0, 0.1) is 5.92 Å². The Morgan fingerprint density at radius 2 is 2.21 bits per heavy atom. The summed E-state index contributed by atoms with van der Waals surface area (Å²) >= 11 is 0. The second-order valence-corrected chi connectivity index (χ2v) is 7.86. The van der Waals surface area contributed by atoms with Crippen molar-refractivity contribution in [2.24, 2.45) is 5.92 Å². The van der Waals surface area contributed by atoms with Crippen LogP contribution in [0.1, 0.15) is 37.1 Å². The Kier molecular flexibility index (Phi) is 5.07. The van der Waals surface area contributed by atoms with Crippen LogP contribution < -0.4 is 10.1 Å². The van der Waals surface area contributed by atoms with E-state index in [1.165, 1.54) is 27.7 Å². The number of methoxy groups -OCH3 is 1. The summed E-state index contributed by atoms with van der Waals surface area (Å²) in [5.41, 5.74) is 5.10. The number of ether oxygens (including phenoxy) is 1. The van der Waals surface area contributed by atoms with Crippen molar-refractivity contribution >= 4 is 16.8 Å². The maximum absolute atomic E-state index is 12.2. The van der Waals surface area contributed by atoms with Crippen LogP contribution in [0.4, 0.5) is 0 Å². The molecule has 0 saturated carbocycles. The minimum atomic E-state index is 0.00779. The summed E-state index contributed by atoms with van der Waals surface area (Å²) in [7, 11) is 1.70. The van der Waals surface area contributed by atoms with Crippen molar-refractivity contribution in [3.8, 4) is 5.75 Å². The van der Waals surface area contributed by atoms with Gasteiger partial charge in [0, 0.05) is 47.5 Å². The molecule has 1 amide bonds. The summed E-state index contributed by atoms with van der Waals surface area (Å²) in [6.07, 6.45) is 6.51. The molecule has 146 valence electrons. The highest BCUT2D eigenvalue weighted by Crippen LogP contribution is 2.35. The number of hydrogen-bond donors (Lipinski definition) is 1. The Hall–Kier alpha value is -2.82. The molecule has 2 heterocycles. The van der Waals surface area contributed by atoms with Gasteiger partial charge in [0.15, 0.2) is 0 Å². The molecule has 1 aromatic carbocycles. The molecule has 0 aliphatic heterocycles. The minimum absolute atomic E-state index is 0.00779. The molecule has 0 fully saturated rings. The molecule has 1 N–H and O–H groups in total. The van der Waals surface area contributed by atoms with Gasteiger partial charge < -0.3 is 14.6 Å². The number of nitrogens with one attached hydrogen (secondary N) is 1. The topological polar surface area (TPSA) is 56.1 Å². The van der Waals surface area contributed by atoms with Crippen LogP contribution in [0.5, 0.6) is 5.75 Å². The van der Waals surface area contributed by atoms with Gasteiger partial charge >= 0.3 is 0 Å². The minimum Gasteiger partial charge on any atom is -0.497 e. The second kappa shape index (κ2) is 7.66. The van der Waals surface area contributed by atoms with E-state index in [1.54, 1.807) is 13.3 Å². The summed E-state index contributed by atoms with van der Waals surface area (Å²) in [5.74, 6) is 1.00. The van der Waals surface area contributed by atoms with E-state index in [0.717, 1.165) is 31.6 Å². The average Bonchev–Trinajstić information content (AvgIpc) is 3.01. The molecule has 5 heteroatoms. The third-order valence-corrected chi connectivity index (χ3v) is 5.61. The van der Waals surface area contributed by atoms with Crippen molar-refractivity contribution in [3.05, 3.63) is 59.5 Å². The Balaban J connectivity index is 1.74. The molecule has 5 nitrogen and oxygen atoms in total. The van der Waals surface area contributed by atoms with Crippen molar-refractivity contribution in [2.45, 2.75) is 45.7 Å². The van der Waals surface area contributed by atoms with Gasteiger partial charge in [-0.1, -0.05) is 19.9 Å². The normalized spacial score (nSPS) is 16.2. The Labute approximate surface area is 165 Å².